The Hall–Kier alpha value is -3.00. The molecule has 0 saturated carbocycles. The van der Waals surface area contributed by atoms with Gasteiger partial charge in [-0.05, 0) is 18.9 Å². The van der Waals surface area contributed by atoms with Gasteiger partial charge >= 0.3 is 11.9 Å². The van der Waals surface area contributed by atoms with E-state index in [1.807, 2.05) is 35.7 Å². The number of thiophene rings is 1. The second-order valence-electron chi connectivity index (χ2n) is 5.78. The van der Waals surface area contributed by atoms with Gasteiger partial charge in [0.05, 0.1) is 5.39 Å². The number of hydrogen-bond donors (Lipinski definition) is 3. The maximum Gasteiger partial charge on any atom is 0.326 e. The number of aromatic nitrogens is 2. The number of fused-ring (bicyclic) bond motifs is 1. The molecule has 0 fully saturated rings. The highest BCUT2D eigenvalue weighted by Crippen LogP contribution is 2.37. The van der Waals surface area contributed by atoms with Crippen molar-refractivity contribution in [1.29, 1.82) is 0 Å². The summed E-state index contributed by atoms with van der Waals surface area (Å²) >= 11 is 1.46. The molecular weight excluding hydrogens is 354 g/mol. The van der Waals surface area contributed by atoms with Crippen LogP contribution in [0.4, 0.5) is 5.82 Å². The van der Waals surface area contributed by atoms with Crippen molar-refractivity contribution in [3.05, 3.63) is 41.5 Å². The summed E-state index contributed by atoms with van der Waals surface area (Å²) in [6, 6.07) is 8.65. The van der Waals surface area contributed by atoms with Crippen LogP contribution in [0.15, 0.2) is 35.7 Å². The largest absolute Gasteiger partial charge is 0.481 e. The summed E-state index contributed by atoms with van der Waals surface area (Å²) in [5, 5.41) is 23.9. The van der Waals surface area contributed by atoms with Crippen LogP contribution < -0.4 is 5.32 Å². The molecule has 0 saturated heterocycles. The van der Waals surface area contributed by atoms with Crippen molar-refractivity contribution >= 4 is 39.3 Å². The fourth-order valence-electron chi connectivity index (χ4n) is 2.67. The molecule has 2 heterocycles. The van der Waals surface area contributed by atoms with Gasteiger partial charge in [0.1, 0.15) is 22.5 Å². The fourth-order valence-corrected chi connectivity index (χ4v) is 3.67. The van der Waals surface area contributed by atoms with E-state index in [1.54, 1.807) is 6.92 Å². The quantitative estimate of drug-likeness (QED) is 0.583. The highest BCUT2D eigenvalue weighted by molar-refractivity contribution is 7.17. The summed E-state index contributed by atoms with van der Waals surface area (Å²) in [6.07, 6.45) is -0.285. The predicted molar refractivity (Wildman–Crippen MR) is 99.5 cm³/mol. The highest BCUT2D eigenvalue weighted by atomic mass is 32.1. The molecule has 0 aliphatic carbocycles. The molecule has 1 unspecified atom stereocenters. The Labute approximate surface area is 153 Å². The molecule has 0 spiro atoms. The van der Waals surface area contributed by atoms with Gasteiger partial charge in [-0.25, -0.2) is 14.8 Å². The van der Waals surface area contributed by atoms with Crippen LogP contribution in [0.3, 0.4) is 0 Å². The minimum Gasteiger partial charge on any atom is -0.481 e. The summed E-state index contributed by atoms with van der Waals surface area (Å²) in [5.74, 6) is -1.23. The Balaban J connectivity index is 2.05. The van der Waals surface area contributed by atoms with Crippen molar-refractivity contribution in [3.63, 3.8) is 0 Å². The number of carboxylic acids is 2. The first-order chi connectivity index (χ1) is 12.5. The van der Waals surface area contributed by atoms with Crippen molar-refractivity contribution in [3.8, 4) is 11.1 Å². The topological polar surface area (TPSA) is 112 Å². The van der Waals surface area contributed by atoms with Crippen molar-refractivity contribution in [2.75, 3.05) is 5.32 Å². The molecule has 2 aromatic heterocycles. The van der Waals surface area contributed by atoms with Crippen LogP contribution in [-0.2, 0) is 9.59 Å². The molecule has 7 nitrogen and oxygen atoms in total. The van der Waals surface area contributed by atoms with E-state index in [0.29, 0.717) is 11.6 Å². The minimum absolute atomic E-state index is 0.0416. The molecule has 1 atom stereocenters. The zero-order valence-electron chi connectivity index (χ0n) is 14.0. The van der Waals surface area contributed by atoms with Crippen LogP contribution in [0.5, 0.6) is 0 Å². The van der Waals surface area contributed by atoms with Crippen molar-refractivity contribution < 1.29 is 19.8 Å². The van der Waals surface area contributed by atoms with E-state index in [-0.39, 0.29) is 12.8 Å². The Morgan fingerprint density at radius 2 is 1.92 bits per heavy atom. The molecule has 3 aromatic rings. The van der Waals surface area contributed by atoms with E-state index in [4.69, 9.17) is 5.11 Å². The summed E-state index contributed by atoms with van der Waals surface area (Å²) in [6.45, 7) is 1.74. The van der Waals surface area contributed by atoms with E-state index in [1.165, 1.54) is 11.3 Å². The Morgan fingerprint density at radius 3 is 2.58 bits per heavy atom. The summed E-state index contributed by atoms with van der Waals surface area (Å²) in [4.78, 5) is 31.9. The van der Waals surface area contributed by atoms with Crippen LogP contribution in [-0.4, -0.2) is 38.2 Å². The second kappa shape index (κ2) is 7.49. The molecule has 134 valence electrons. The van der Waals surface area contributed by atoms with Gasteiger partial charge in [0.15, 0.2) is 0 Å². The molecule has 0 aliphatic heterocycles. The zero-order valence-corrected chi connectivity index (χ0v) is 14.8. The molecule has 3 rings (SSSR count). The third-order valence-electron chi connectivity index (χ3n) is 3.89. The molecule has 0 aliphatic rings. The number of nitrogens with zero attached hydrogens (tertiary/aromatic N) is 2. The first-order valence-electron chi connectivity index (χ1n) is 7.98. The number of benzene rings is 1. The standard InChI is InChI=1S/C18H17N3O4S/c1-10-19-16(21-13(18(24)25)7-8-14(22)23)15-12(9-26-17(15)20-10)11-5-3-2-4-6-11/h2-6,9,13H,7-8H2,1H3,(H,22,23)(H,24,25)(H,19,20,21). The monoisotopic (exact) mass is 371 g/mol. The number of anilines is 1. The van der Waals surface area contributed by atoms with Crippen LogP contribution in [0.1, 0.15) is 18.7 Å². The second-order valence-corrected chi connectivity index (χ2v) is 6.64. The molecule has 3 N–H and O–H groups in total. The van der Waals surface area contributed by atoms with Gasteiger partial charge in [-0.15, -0.1) is 11.3 Å². The van der Waals surface area contributed by atoms with Crippen molar-refractivity contribution in [2.24, 2.45) is 0 Å². The predicted octanol–water partition coefficient (Wildman–Crippen LogP) is 3.40. The molecular formula is C18H17N3O4S. The number of nitrogens with one attached hydrogen (secondary N) is 1. The van der Waals surface area contributed by atoms with Gasteiger partial charge in [0, 0.05) is 17.4 Å². The van der Waals surface area contributed by atoms with Crippen molar-refractivity contribution in [1.82, 2.24) is 9.97 Å². The third kappa shape index (κ3) is 3.80. The first-order valence-corrected chi connectivity index (χ1v) is 8.86. The Kier molecular flexibility index (Phi) is 5.13. The van der Waals surface area contributed by atoms with Gasteiger partial charge in [-0.1, -0.05) is 30.3 Å². The van der Waals surface area contributed by atoms with Gasteiger partial charge in [0.2, 0.25) is 0 Å². The Bertz CT molecular complexity index is 956. The van der Waals surface area contributed by atoms with E-state index in [2.05, 4.69) is 15.3 Å². The van der Waals surface area contributed by atoms with Gasteiger partial charge in [-0.3, -0.25) is 4.79 Å². The Morgan fingerprint density at radius 1 is 1.19 bits per heavy atom. The fraction of sp³-hybridized carbons (Fsp3) is 0.222. The lowest BCUT2D eigenvalue weighted by molar-refractivity contribution is -0.139. The average Bonchev–Trinajstić information content (AvgIpc) is 3.02. The van der Waals surface area contributed by atoms with E-state index >= 15 is 0 Å². The molecule has 0 amide bonds. The number of hydrogen-bond acceptors (Lipinski definition) is 6. The van der Waals surface area contributed by atoms with Gasteiger partial charge < -0.3 is 15.5 Å². The van der Waals surface area contributed by atoms with Crippen LogP contribution in [0.2, 0.25) is 0 Å². The summed E-state index contributed by atoms with van der Waals surface area (Å²) in [7, 11) is 0. The zero-order chi connectivity index (χ0) is 18.7. The number of carbonyl (C=O) groups is 2. The molecule has 1 aromatic carbocycles. The molecule has 8 heteroatoms. The number of aliphatic carboxylic acids is 2. The number of aryl methyl sites for hydroxylation is 1. The maximum absolute atomic E-state index is 11.5. The average molecular weight is 371 g/mol. The molecule has 0 radical (unpaired) electrons. The van der Waals surface area contributed by atoms with E-state index in [0.717, 1.165) is 21.3 Å². The van der Waals surface area contributed by atoms with Crippen LogP contribution in [0, 0.1) is 6.92 Å². The lowest BCUT2D eigenvalue weighted by Gasteiger charge is -2.16. The van der Waals surface area contributed by atoms with Gasteiger partial charge in [-0.2, -0.15) is 0 Å². The summed E-state index contributed by atoms with van der Waals surface area (Å²) < 4.78 is 0. The number of rotatable bonds is 7. The van der Waals surface area contributed by atoms with Crippen LogP contribution >= 0.6 is 11.3 Å². The smallest absolute Gasteiger partial charge is 0.326 e. The van der Waals surface area contributed by atoms with Gasteiger partial charge in [0.25, 0.3) is 0 Å². The molecule has 0 bridgehead atoms. The lowest BCUT2D eigenvalue weighted by Crippen LogP contribution is -2.30. The first kappa shape index (κ1) is 17.8. The van der Waals surface area contributed by atoms with E-state index < -0.39 is 18.0 Å². The SMILES string of the molecule is Cc1nc(NC(CCC(=O)O)C(=O)O)c2c(-c3ccccc3)csc2n1. The maximum atomic E-state index is 11.5. The van der Waals surface area contributed by atoms with Crippen LogP contribution in [0.25, 0.3) is 21.3 Å². The molecule has 26 heavy (non-hydrogen) atoms. The third-order valence-corrected chi connectivity index (χ3v) is 4.76. The lowest BCUT2D eigenvalue weighted by atomic mass is 10.1. The van der Waals surface area contributed by atoms with Crippen molar-refractivity contribution in [2.45, 2.75) is 25.8 Å². The number of carboxylic acid groups (broad SMARTS) is 2. The normalized spacial score (nSPS) is 12.0. The summed E-state index contributed by atoms with van der Waals surface area (Å²) in [5.41, 5.74) is 1.89. The minimum atomic E-state index is -1.12. The van der Waals surface area contributed by atoms with E-state index in [9.17, 15) is 14.7 Å². The highest BCUT2D eigenvalue weighted by Gasteiger charge is 2.22.